The van der Waals surface area contributed by atoms with Crippen LogP contribution in [0.2, 0.25) is 0 Å². The minimum Gasteiger partial charge on any atom is -0.385 e. The molecule has 0 spiro atoms. The highest BCUT2D eigenvalue weighted by Gasteiger charge is 2.06. The Morgan fingerprint density at radius 3 is 2.80 bits per heavy atom. The van der Waals surface area contributed by atoms with Crippen molar-refractivity contribution in [2.24, 2.45) is 0 Å². The number of rotatable bonds is 9. The number of hydrogen-bond acceptors (Lipinski definition) is 3. The predicted molar refractivity (Wildman–Crippen MR) is 82.0 cm³/mol. The average molecular weight is 276 g/mol. The first-order valence-corrected chi connectivity index (χ1v) is 7.15. The fourth-order valence-electron chi connectivity index (χ4n) is 2.41. The summed E-state index contributed by atoms with van der Waals surface area (Å²) in [4.78, 5) is 0. The molecule has 20 heavy (non-hydrogen) atoms. The normalized spacial score (nSPS) is 11.3. The fourth-order valence-corrected chi connectivity index (χ4v) is 2.41. The molecule has 110 valence electrons. The third-order valence-electron chi connectivity index (χ3n) is 3.35. The SMILES string of the molecule is CNCc1cn(CCOCCCOC)c2ccccc12. The van der Waals surface area contributed by atoms with Crippen molar-refractivity contribution in [3.63, 3.8) is 0 Å². The maximum Gasteiger partial charge on any atom is 0.0645 e. The highest BCUT2D eigenvalue weighted by molar-refractivity contribution is 5.83. The summed E-state index contributed by atoms with van der Waals surface area (Å²) in [7, 11) is 3.69. The molecule has 2 aromatic rings. The van der Waals surface area contributed by atoms with Gasteiger partial charge in [0.05, 0.1) is 6.61 Å². The minimum atomic E-state index is 0.737. The smallest absolute Gasteiger partial charge is 0.0645 e. The molecule has 0 bridgehead atoms. The molecule has 0 atom stereocenters. The highest BCUT2D eigenvalue weighted by atomic mass is 16.5. The molecular formula is C16H24N2O2. The van der Waals surface area contributed by atoms with E-state index in [1.807, 2.05) is 7.05 Å². The number of benzene rings is 1. The van der Waals surface area contributed by atoms with Gasteiger partial charge in [-0.15, -0.1) is 0 Å². The van der Waals surface area contributed by atoms with E-state index in [-0.39, 0.29) is 0 Å². The number of para-hydroxylation sites is 1. The van der Waals surface area contributed by atoms with Gasteiger partial charge in [0, 0.05) is 50.5 Å². The lowest BCUT2D eigenvalue weighted by Gasteiger charge is -2.06. The molecule has 0 amide bonds. The molecule has 0 fully saturated rings. The molecule has 1 N–H and O–H groups in total. The van der Waals surface area contributed by atoms with Crippen LogP contribution in [0.15, 0.2) is 30.5 Å². The van der Waals surface area contributed by atoms with Crippen LogP contribution in [0, 0.1) is 0 Å². The number of aromatic nitrogens is 1. The van der Waals surface area contributed by atoms with E-state index >= 15 is 0 Å². The zero-order valence-corrected chi connectivity index (χ0v) is 12.4. The van der Waals surface area contributed by atoms with Gasteiger partial charge in [-0.1, -0.05) is 18.2 Å². The van der Waals surface area contributed by atoms with Crippen LogP contribution in [0.1, 0.15) is 12.0 Å². The lowest BCUT2D eigenvalue weighted by Crippen LogP contribution is -2.07. The minimum absolute atomic E-state index is 0.737. The number of ether oxygens (including phenoxy) is 2. The highest BCUT2D eigenvalue weighted by Crippen LogP contribution is 2.21. The molecule has 0 radical (unpaired) electrons. The van der Waals surface area contributed by atoms with E-state index in [4.69, 9.17) is 9.47 Å². The predicted octanol–water partition coefficient (Wildman–Crippen LogP) is 2.41. The van der Waals surface area contributed by atoms with Crippen molar-refractivity contribution in [3.8, 4) is 0 Å². The Hall–Kier alpha value is -1.36. The number of hydrogen-bond donors (Lipinski definition) is 1. The molecule has 0 saturated heterocycles. The maximum atomic E-state index is 5.64. The molecule has 0 unspecified atom stereocenters. The molecule has 4 heteroatoms. The van der Waals surface area contributed by atoms with Crippen molar-refractivity contribution < 1.29 is 9.47 Å². The Labute approximate surface area is 120 Å². The van der Waals surface area contributed by atoms with Crippen molar-refractivity contribution in [1.82, 2.24) is 9.88 Å². The third kappa shape index (κ3) is 3.82. The van der Waals surface area contributed by atoms with E-state index in [0.29, 0.717) is 0 Å². The van der Waals surface area contributed by atoms with Crippen molar-refractivity contribution >= 4 is 10.9 Å². The zero-order valence-electron chi connectivity index (χ0n) is 12.4. The summed E-state index contributed by atoms with van der Waals surface area (Å²) in [5, 5.41) is 4.54. The summed E-state index contributed by atoms with van der Waals surface area (Å²) < 4.78 is 12.9. The summed E-state index contributed by atoms with van der Waals surface area (Å²) in [6.07, 6.45) is 3.17. The molecule has 2 rings (SSSR count). The summed E-state index contributed by atoms with van der Waals surface area (Å²) in [5.41, 5.74) is 2.61. The summed E-state index contributed by atoms with van der Waals surface area (Å²) in [5.74, 6) is 0. The molecule has 1 aromatic heterocycles. The Morgan fingerprint density at radius 2 is 2.00 bits per heavy atom. The molecule has 4 nitrogen and oxygen atoms in total. The van der Waals surface area contributed by atoms with Gasteiger partial charge in [0.15, 0.2) is 0 Å². The van der Waals surface area contributed by atoms with Gasteiger partial charge < -0.3 is 19.4 Å². The number of nitrogens with one attached hydrogen (secondary N) is 1. The average Bonchev–Trinajstić information content (AvgIpc) is 2.82. The first-order chi connectivity index (χ1) is 9.86. The second-order valence-corrected chi connectivity index (χ2v) is 4.85. The van der Waals surface area contributed by atoms with Crippen LogP contribution in [0.3, 0.4) is 0 Å². The van der Waals surface area contributed by atoms with Crippen LogP contribution in [0.4, 0.5) is 0 Å². The van der Waals surface area contributed by atoms with Gasteiger partial charge in [0.1, 0.15) is 0 Å². The lowest BCUT2D eigenvalue weighted by molar-refractivity contribution is 0.0982. The van der Waals surface area contributed by atoms with E-state index < -0.39 is 0 Å². The van der Waals surface area contributed by atoms with Crippen molar-refractivity contribution in [1.29, 1.82) is 0 Å². The van der Waals surface area contributed by atoms with Crippen molar-refractivity contribution in [2.45, 2.75) is 19.5 Å². The molecule has 0 saturated carbocycles. The van der Waals surface area contributed by atoms with E-state index in [1.165, 1.54) is 16.5 Å². The molecule has 0 aliphatic rings. The van der Waals surface area contributed by atoms with Gasteiger partial charge in [0.25, 0.3) is 0 Å². The van der Waals surface area contributed by atoms with Gasteiger partial charge >= 0.3 is 0 Å². The zero-order chi connectivity index (χ0) is 14.2. The van der Waals surface area contributed by atoms with E-state index in [9.17, 15) is 0 Å². The van der Waals surface area contributed by atoms with Crippen molar-refractivity contribution in [3.05, 3.63) is 36.0 Å². The standard InChI is InChI=1S/C16H24N2O2/c1-17-12-14-13-18(8-11-20-10-5-9-19-2)16-7-4-3-6-15(14)16/h3-4,6-7,13,17H,5,8-12H2,1-2H3. The van der Waals surface area contributed by atoms with Gasteiger partial charge in [-0.25, -0.2) is 0 Å². The number of nitrogens with zero attached hydrogens (tertiary/aromatic N) is 1. The first kappa shape index (κ1) is 15.0. The maximum absolute atomic E-state index is 5.64. The Morgan fingerprint density at radius 1 is 1.15 bits per heavy atom. The first-order valence-electron chi connectivity index (χ1n) is 7.15. The Kier molecular flexibility index (Phi) is 6.05. The third-order valence-corrected chi connectivity index (χ3v) is 3.35. The van der Waals surface area contributed by atoms with E-state index in [0.717, 1.165) is 39.3 Å². The molecular weight excluding hydrogens is 252 g/mol. The van der Waals surface area contributed by atoms with Gasteiger partial charge in [-0.3, -0.25) is 0 Å². The quantitative estimate of drug-likeness (QED) is 0.714. The summed E-state index contributed by atoms with van der Waals surface area (Å²) >= 11 is 0. The monoisotopic (exact) mass is 276 g/mol. The van der Waals surface area contributed by atoms with Crippen molar-refractivity contribution in [2.75, 3.05) is 34.0 Å². The Balaban J connectivity index is 1.95. The van der Waals surface area contributed by atoms with E-state index in [1.54, 1.807) is 7.11 Å². The van der Waals surface area contributed by atoms with Crippen LogP contribution in [-0.4, -0.2) is 38.5 Å². The van der Waals surface area contributed by atoms with Crippen LogP contribution in [0.5, 0.6) is 0 Å². The summed E-state index contributed by atoms with van der Waals surface area (Å²) in [6.45, 7) is 4.04. The molecule has 1 aromatic carbocycles. The lowest BCUT2D eigenvalue weighted by atomic mass is 10.2. The number of methoxy groups -OCH3 is 1. The molecule has 1 heterocycles. The Bertz CT molecular complexity index is 522. The topological polar surface area (TPSA) is 35.4 Å². The van der Waals surface area contributed by atoms with Crippen LogP contribution in [-0.2, 0) is 22.6 Å². The second kappa shape index (κ2) is 8.04. The van der Waals surface area contributed by atoms with Gasteiger partial charge in [-0.05, 0) is 25.1 Å². The molecule has 0 aliphatic carbocycles. The van der Waals surface area contributed by atoms with Crippen LogP contribution < -0.4 is 5.32 Å². The number of fused-ring (bicyclic) bond motifs is 1. The van der Waals surface area contributed by atoms with E-state index in [2.05, 4.69) is 40.3 Å². The van der Waals surface area contributed by atoms with Gasteiger partial charge in [0.2, 0.25) is 0 Å². The fraction of sp³-hybridized carbons (Fsp3) is 0.500. The van der Waals surface area contributed by atoms with Gasteiger partial charge in [-0.2, -0.15) is 0 Å². The second-order valence-electron chi connectivity index (χ2n) is 4.85. The van der Waals surface area contributed by atoms with Crippen LogP contribution in [0.25, 0.3) is 10.9 Å². The summed E-state index contributed by atoms with van der Waals surface area (Å²) in [6, 6.07) is 8.52. The largest absolute Gasteiger partial charge is 0.385 e. The van der Waals surface area contributed by atoms with Crippen LogP contribution >= 0.6 is 0 Å². The molecule has 0 aliphatic heterocycles.